The number of β-amino-alcohol motifs (C(OH)–C–C–N with tert-alkyl or cyclic N) is 1. The van der Waals surface area contributed by atoms with Gasteiger partial charge in [-0.3, -0.25) is 14.4 Å². The summed E-state index contributed by atoms with van der Waals surface area (Å²) in [4.78, 5) is 43.3. The molecule has 0 aromatic heterocycles. The number of aliphatic hydroxyl groups excluding tert-OH is 1. The van der Waals surface area contributed by atoms with E-state index in [0.29, 0.717) is 17.9 Å². The average molecular weight is 537 g/mol. The number of amides is 2. The topological polar surface area (TPSA) is 106 Å². The normalized spacial score (nSPS) is 31.4. The number of anilines is 1. The first kappa shape index (κ1) is 24.7. The van der Waals surface area contributed by atoms with E-state index in [1.807, 2.05) is 0 Å². The van der Waals surface area contributed by atoms with Gasteiger partial charge in [-0.2, -0.15) is 0 Å². The Bertz CT molecular complexity index is 971. The third-order valence-electron chi connectivity index (χ3n) is 6.88. The van der Waals surface area contributed by atoms with Gasteiger partial charge in [0.25, 0.3) is 5.91 Å². The van der Waals surface area contributed by atoms with Gasteiger partial charge in [0.1, 0.15) is 17.4 Å². The molecule has 0 radical (unpaired) electrons. The van der Waals surface area contributed by atoms with E-state index >= 15 is 0 Å². The van der Waals surface area contributed by atoms with Crippen molar-refractivity contribution in [2.45, 2.75) is 35.9 Å². The molecule has 1 N–H and O–H groups in total. The smallest absolute Gasteiger partial charge is 0.312 e. The van der Waals surface area contributed by atoms with Crippen LogP contribution < -0.4 is 9.64 Å². The number of hydrogen-bond acceptors (Lipinski definition) is 7. The number of carbonyl (C=O) groups is 3. The first-order valence-electron chi connectivity index (χ1n) is 11.3. The van der Waals surface area contributed by atoms with Crippen LogP contribution >= 0.6 is 15.9 Å². The van der Waals surface area contributed by atoms with Gasteiger partial charge < -0.3 is 29.1 Å². The number of nitrogens with zero attached hydrogens (tertiary/aromatic N) is 2. The summed E-state index contributed by atoms with van der Waals surface area (Å²) in [5.41, 5.74) is -0.599. The Morgan fingerprint density at radius 2 is 2.09 bits per heavy atom. The third-order valence-corrected chi connectivity index (χ3v) is 7.73. The van der Waals surface area contributed by atoms with Crippen LogP contribution in [0.3, 0.4) is 0 Å². The molecule has 184 valence electrons. The zero-order valence-electron chi connectivity index (χ0n) is 19.2. The number of benzene rings is 1. The summed E-state index contributed by atoms with van der Waals surface area (Å²) in [7, 11) is 1.56. The second kappa shape index (κ2) is 9.67. The number of esters is 1. The van der Waals surface area contributed by atoms with E-state index in [-0.39, 0.29) is 42.9 Å². The van der Waals surface area contributed by atoms with Crippen LogP contribution in [0.4, 0.5) is 5.69 Å². The summed E-state index contributed by atoms with van der Waals surface area (Å²) in [6, 6.07) is 5.99. The Morgan fingerprint density at radius 3 is 2.68 bits per heavy atom. The molecule has 0 saturated carbocycles. The maximum atomic E-state index is 14.1. The number of aliphatic hydroxyl groups is 1. The minimum atomic E-state index is -1.20. The highest BCUT2D eigenvalue weighted by Gasteiger charge is 2.77. The molecule has 34 heavy (non-hydrogen) atoms. The van der Waals surface area contributed by atoms with Crippen LogP contribution in [-0.4, -0.2) is 83.8 Å². The number of alkyl halides is 1. The quantitative estimate of drug-likeness (QED) is 0.289. The van der Waals surface area contributed by atoms with Gasteiger partial charge >= 0.3 is 5.97 Å². The van der Waals surface area contributed by atoms with Crippen molar-refractivity contribution >= 4 is 39.4 Å². The van der Waals surface area contributed by atoms with E-state index in [4.69, 9.17) is 14.2 Å². The van der Waals surface area contributed by atoms with E-state index in [2.05, 4.69) is 22.5 Å². The largest absolute Gasteiger partial charge is 0.497 e. The molecule has 2 bridgehead atoms. The summed E-state index contributed by atoms with van der Waals surface area (Å²) in [5.74, 6) is -2.28. The SMILES string of the molecule is C=CCN(C(=O)C1N(CCO)C(=O)[C@@H]2[C@H](C(=O)OCC)[C@H]3OC12CC3Br)c1ccc(OC)cc1. The van der Waals surface area contributed by atoms with Crippen LogP contribution in [-0.2, 0) is 23.9 Å². The highest BCUT2D eigenvalue weighted by molar-refractivity contribution is 9.09. The molecule has 3 saturated heterocycles. The third kappa shape index (κ3) is 3.72. The van der Waals surface area contributed by atoms with Crippen molar-refractivity contribution in [3.63, 3.8) is 0 Å². The number of fused-ring (bicyclic) bond motifs is 1. The van der Waals surface area contributed by atoms with Crippen molar-refractivity contribution in [1.29, 1.82) is 0 Å². The average Bonchev–Trinajstić information content (AvgIpc) is 3.41. The first-order valence-corrected chi connectivity index (χ1v) is 12.2. The molecule has 3 heterocycles. The molecule has 4 rings (SSSR count). The van der Waals surface area contributed by atoms with Crippen LogP contribution in [0.25, 0.3) is 0 Å². The number of methoxy groups -OCH3 is 1. The Balaban J connectivity index is 1.76. The molecule has 3 unspecified atom stereocenters. The van der Waals surface area contributed by atoms with Gasteiger partial charge in [-0.15, -0.1) is 6.58 Å². The number of rotatable bonds is 9. The van der Waals surface area contributed by atoms with Crippen molar-refractivity contribution < 1.29 is 33.7 Å². The molecule has 1 aromatic carbocycles. The van der Waals surface area contributed by atoms with Gasteiger partial charge in [-0.25, -0.2) is 0 Å². The van der Waals surface area contributed by atoms with Gasteiger partial charge in [-0.05, 0) is 37.6 Å². The number of likely N-dealkylation sites (tertiary alicyclic amines) is 1. The fourth-order valence-corrected chi connectivity index (χ4v) is 6.57. The maximum absolute atomic E-state index is 14.1. The number of ether oxygens (including phenoxy) is 3. The molecule has 10 heteroatoms. The Morgan fingerprint density at radius 1 is 1.38 bits per heavy atom. The van der Waals surface area contributed by atoms with Gasteiger partial charge in [0.05, 0.1) is 38.3 Å². The van der Waals surface area contributed by atoms with Crippen molar-refractivity contribution in [3.8, 4) is 5.75 Å². The van der Waals surface area contributed by atoms with Crippen molar-refractivity contribution in [3.05, 3.63) is 36.9 Å². The van der Waals surface area contributed by atoms with Gasteiger partial charge in [0.15, 0.2) is 0 Å². The van der Waals surface area contributed by atoms with Crippen LogP contribution in [0.1, 0.15) is 13.3 Å². The van der Waals surface area contributed by atoms with Gasteiger partial charge in [-0.1, -0.05) is 22.0 Å². The number of halogens is 1. The summed E-state index contributed by atoms with van der Waals surface area (Å²) < 4.78 is 16.9. The van der Waals surface area contributed by atoms with Gasteiger partial charge in [0.2, 0.25) is 5.91 Å². The van der Waals surface area contributed by atoms with Crippen molar-refractivity contribution in [2.24, 2.45) is 11.8 Å². The lowest BCUT2D eigenvalue weighted by molar-refractivity contribution is -0.154. The van der Waals surface area contributed by atoms with E-state index in [1.54, 1.807) is 44.4 Å². The highest BCUT2D eigenvalue weighted by Crippen LogP contribution is 2.60. The summed E-state index contributed by atoms with van der Waals surface area (Å²) >= 11 is 3.60. The fourth-order valence-electron chi connectivity index (χ4n) is 5.63. The van der Waals surface area contributed by atoms with Crippen molar-refractivity contribution in [2.75, 3.05) is 38.3 Å². The Hall–Kier alpha value is -2.43. The monoisotopic (exact) mass is 536 g/mol. The molecular weight excluding hydrogens is 508 g/mol. The minimum Gasteiger partial charge on any atom is -0.497 e. The summed E-state index contributed by atoms with van der Waals surface area (Å²) in [6.45, 7) is 5.49. The fraction of sp³-hybridized carbons (Fsp3) is 0.542. The van der Waals surface area contributed by atoms with Crippen LogP contribution in [0.2, 0.25) is 0 Å². The molecule has 1 spiro atoms. The maximum Gasteiger partial charge on any atom is 0.312 e. The van der Waals surface area contributed by atoms with Crippen molar-refractivity contribution in [1.82, 2.24) is 4.90 Å². The number of carbonyl (C=O) groups excluding carboxylic acids is 3. The zero-order chi connectivity index (χ0) is 24.6. The van der Waals surface area contributed by atoms with Crippen LogP contribution in [0.5, 0.6) is 5.75 Å². The molecule has 3 aliphatic heterocycles. The molecule has 1 aromatic rings. The second-order valence-electron chi connectivity index (χ2n) is 8.61. The lowest BCUT2D eigenvalue weighted by Gasteiger charge is -2.37. The van der Waals surface area contributed by atoms with Crippen LogP contribution in [0, 0.1) is 11.8 Å². The molecular formula is C24H29BrN2O7. The van der Waals surface area contributed by atoms with E-state index in [0.717, 1.165) is 0 Å². The van der Waals surface area contributed by atoms with Gasteiger partial charge in [0, 0.05) is 23.6 Å². The Labute approximate surface area is 206 Å². The predicted octanol–water partition coefficient (Wildman–Crippen LogP) is 1.52. The predicted molar refractivity (Wildman–Crippen MR) is 127 cm³/mol. The standard InChI is InChI=1S/C24H29BrN2O7/c1-4-10-26(14-6-8-15(32-3)9-7-14)22(30)20-24-13-16(25)19(34-24)17(23(31)33-5-2)18(24)21(29)27(20)11-12-28/h4,6-9,16-20,28H,1,5,10-13H2,2-3H3/t16?,17-,18-,19-,20?,24?/m0/s1. The summed E-state index contributed by atoms with van der Waals surface area (Å²) in [6.07, 6.45) is 1.41. The van der Waals surface area contributed by atoms with E-state index in [1.165, 1.54) is 9.80 Å². The molecule has 0 aliphatic carbocycles. The molecule has 6 atom stereocenters. The van der Waals surface area contributed by atoms with E-state index < -0.39 is 35.6 Å². The number of hydrogen-bond donors (Lipinski definition) is 1. The molecule has 3 aliphatic rings. The Kier molecular flexibility index (Phi) is 7.02. The molecule has 3 fully saturated rings. The molecule has 2 amide bonds. The summed E-state index contributed by atoms with van der Waals surface area (Å²) in [5, 5.41) is 9.71. The first-order chi connectivity index (χ1) is 16.3. The highest BCUT2D eigenvalue weighted by atomic mass is 79.9. The molecule has 9 nitrogen and oxygen atoms in total. The minimum absolute atomic E-state index is 0.0471. The van der Waals surface area contributed by atoms with E-state index in [9.17, 15) is 19.5 Å². The van der Waals surface area contributed by atoms with Crippen LogP contribution in [0.15, 0.2) is 36.9 Å². The lowest BCUT2D eigenvalue weighted by Crippen LogP contribution is -2.57. The zero-order valence-corrected chi connectivity index (χ0v) is 20.8. The lowest BCUT2D eigenvalue weighted by atomic mass is 9.70. The second-order valence-corrected chi connectivity index (χ2v) is 9.78.